The predicted octanol–water partition coefficient (Wildman–Crippen LogP) is 2.63. The van der Waals surface area contributed by atoms with Crippen LogP contribution in [0.1, 0.15) is 11.1 Å². The minimum Gasteiger partial charge on any atom is -0.326 e. The minimum absolute atomic E-state index is 0. The van der Waals surface area contributed by atoms with E-state index < -0.39 is 11.7 Å². The quantitative estimate of drug-likeness (QED) is 0.774. The smallest absolute Gasteiger partial charge is 0.326 e. The van der Waals surface area contributed by atoms with Gasteiger partial charge in [-0.15, -0.1) is 12.4 Å². The van der Waals surface area contributed by atoms with E-state index in [0.717, 1.165) is 12.3 Å². The molecule has 0 unspecified atom stereocenters. The van der Waals surface area contributed by atoms with Crippen molar-refractivity contribution in [2.45, 2.75) is 12.7 Å². The average molecular weight is 247 g/mol. The summed E-state index contributed by atoms with van der Waals surface area (Å²) in [5.74, 6) is 0. The van der Waals surface area contributed by atoms with Crippen LogP contribution in [0.5, 0.6) is 0 Å². The van der Waals surface area contributed by atoms with Crippen LogP contribution in [0.4, 0.5) is 13.2 Å². The van der Waals surface area contributed by atoms with Crippen molar-refractivity contribution in [3.05, 3.63) is 28.5 Å². The molecule has 0 fully saturated rings. The second-order valence-electron chi connectivity index (χ2n) is 2.37. The molecule has 0 aromatic carbocycles. The Balaban J connectivity index is 0.00000169. The maximum absolute atomic E-state index is 12.3. The number of rotatable bonds is 1. The molecule has 2 nitrogen and oxygen atoms in total. The summed E-state index contributed by atoms with van der Waals surface area (Å²) < 4.78 is 36.8. The lowest BCUT2D eigenvalue weighted by Crippen LogP contribution is -2.12. The van der Waals surface area contributed by atoms with Crippen molar-refractivity contribution in [1.82, 2.24) is 4.98 Å². The van der Waals surface area contributed by atoms with E-state index in [1.165, 1.54) is 0 Å². The first-order valence-corrected chi connectivity index (χ1v) is 3.74. The fraction of sp³-hybridized carbons (Fsp3) is 0.286. The van der Waals surface area contributed by atoms with Gasteiger partial charge in [0.2, 0.25) is 0 Å². The van der Waals surface area contributed by atoms with Crippen LogP contribution in [0.15, 0.2) is 12.3 Å². The molecular formula is C7H7Cl2F3N2. The van der Waals surface area contributed by atoms with Crippen molar-refractivity contribution in [2.24, 2.45) is 5.73 Å². The summed E-state index contributed by atoms with van der Waals surface area (Å²) in [4.78, 5) is 3.51. The van der Waals surface area contributed by atoms with Gasteiger partial charge in [0.25, 0.3) is 0 Å². The van der Waals surface area contributed by atoms with Crippen molar-refractivity contribution in [3.63, 3.8) is 0 Å². The molecule has 0 saturated heterocycles. The summed E-state index contributed by atoms with van der Waals surface area (Å²) in [6.07, 6.45) is -3.40. The zero-order chi connectivity index (χ0) is 10.1. The Kier molecular flexibility index (Phi) is 4.64. The molecule has 7 heteroatoms. The molecule has 0 aliphatic rings. The fourth-order valence-electron chi connectivity index (χ4n) is 0.885. The molecule has 0 aliphatic heterocycles. The summed E-state index contributed by atoms with van der Waals surface area (Å²) in [6, 6.07) is 0.768. The molecule has 80 valence electrons. The Labute approximate surface area is 89.7 Å². The Morgan fingerprint density at radius 2 is 2.00 bits per heavy atom. The molecule has 1 rings (SSSR count). The van der Waals surface area contributed by atoms with Gasteiger partial charge >= 0.3 is 6.18 Å². The zero-order valence-electron chi connectivity index (χ0n) is 6.81. The number of nitrogens with two attached hydrogens (primary N) is 1. The summed E-state index contributed by atoms with van der Waals surface area (Å²) in [7, 11) is 0. The number of pyridine rings is 1. The number of aromatic nitrogens is 1. The monoisotopic (exact) mass is 246 g/mol. The Morgan fingerprint density at radius 3 is 2.43 bits per heavy atom. The van der Waals surface area contributed by atoms with E-state index in [1.807, 2.05) is 0 Å². The lowest BCUT2D eigenvalue weighted by atomic mass is 10.1. The minimum atomic E-state index is -4.43. The molecule has 0 amide bonds. The van der Waals surface area contributed by atoms with Crippen molar-refractivity contribution in [2.75, 3.05) is 0 Å². The third-order valence-corrected chi connectivity index (χ3v) is 1.69. The number of hydrogen-bond donors (Lipinski definition) is 1. The lowest BCUT2D eigenvalue weighted by molar-refractivity contribution is -0.138. The zero-order valence-corrected chi connectivity index (χ0v) is 8.38. The average Bonchev–Trinajstić information content (AvgIpc) is 2.03. The maximum atomic E-state index is 12.3. The highest BCUT2D eigenvalue weighted by Gasteiger charge is 2.33. The molecule has 0 radical (unpaired) electrons. The summed E-state index contributed by atoms with van der Waals surface area (Å²) >= 11 is 5.33. The molecule has 14 heavy (non-hydrogen) atoms. The number of hydrogen-bond acceptors (Lipinski definition) is 2. The van der Waals surface area contributed by atoms with Crippen molar-refractivity contribution >= 4 is 24.0 Å². The van der Waals surface area contributed by atoms with E-state index in [1.54, 1.807) is 0 Å². The van der Waals surface area contributed by atoms with E-state index in [4.69, 9.17) is 17.3 Å². The highest BCUT2D eigenvalue weighted by molar-refractivity contribution is 6.29. The lowest BCUT2D eigenvalue weighted by Gasteiger charge is -2.10. The molecule has 0 bridgehead atoms. The normalized spacial score (nSPS) is 10.9. The van der Waals surface area contributed by atoms with E-state index in [-0.39, 0.29) is 29.7 Å². The van der Waals surface area contributed by atoms with E-state index >= 15 is 0 Å². The van der Waals surface area contributed by atoms with Crippen LogP contribution < -0.4 is 5.73 Å². The molecular weight excluding hydrogens is 240 g/mol. The predicted molar refractivity (Wildman–Crippen MR) is 49.4 cm³/mol. The number of halogens is 5. The van der Waals surface area contributed by atoms with E-state index in [9.17, 15) is 13.2 Å². The van der Waals surface area contributed by atoms with Gasteiger partial charge < -0.3 is 5.73 Å². The van der Waals surface area contributed by atoms with Crippen LogP contribution in [0.3, 0.4) is 0 Å². The molecule has 0 aliphatic carbocycles. The molecule has 0 spiro atoms. The van der Waals surface area contributed by atoms with Crippen LogP contribution in [0.2, 0.25) is 5.15 Å². The van der Waals surface area contributed by atoms with Gasteiger partial charge in [-0.2, -0.15) is 13.2 Å². The Morgan fingerprint density at radius 1 is 1.43 bits per heavy atom. The highest BCUT2D eigenvalue weighted by atomic mass is 35.5. The van der Waals surface area contributed by atoms with Gasteiger partial charge in [0.1, 0.15) is 5.15 Å². The summed E-state index contributed by atoms with van der Waals surface area (Å²) in [6.45, 7) is -0.209. The molecule has 0 saturated carbocycles. The second kappa shape index (κ2) is 4.82. The molecule has 2 N–H and O–H groups in total. The molecule has 0 atom stereocenters. The first kappa shape index (κ1) is 13.5. The molecule has 1 aromatic rings. The van der Waals surface area contributed by atoms with Gasteiger partial charge in [-0.3, -0.25) is 0 Å². The highest BCUT2D eigenvalue weighted by Crippen LogP contribution is 2.32. The van der Waals surface area contributed by atoms with Gasteiger partial charge in [0, 0.05) is 12.7 Å². The maximum Gasteiger partial charge on any atom is 0.416 e. The fourth-order valence-corrected chi connectivity index (χ4v) is 1.04. The van der Waals surface area contributed by atoms with Crippen LogP contribution >= 0.6 is 24.0 Å². The summed E-state index contributed by atoms with van der Waals surface area (Å²) in [5.41, 5.74) is 4.23. The topological polar surface area (TPSA) is 38.9 Å². The van der Waals surface area contributed by atoms with Gasteiger partial charge in [0.15, 0.2) is 0 Å². The standard InChI is InChI=1S/C7H6ClF3N2.ClH/c8-6-1-5(7(9,10)11)4(2-12)3-13-6;/h1,3H,2,12H2;1H. The first-order valence-electron chi connectivity index (χ1n) is 3.37. The van der Waals surface area contributed by atoms with Crippen molar-refractivity contribution < 1.29 is 13.2 Å². The van der Waals surface area contributed by atoms with Crippen LogP contribution in [0.25, 0.3) is 0 Å². The first-order chi connectivity index (χ1) is 5.95. The molecule has 1 aromatic heterocycles. The van der Waals surface area contributed by atoms with Gasteiger partial charge in [-0.25, -0.2) is 4.98 Å². The molecule has 1 heterocycles. The van der Waals surface area contributed by atoms with Gasteiger partial charge in [-0.1, -0.05) is 11.6 Å². The third-order valence-electron chi connectivity index (χ3n) is 1.48. The van der Waals surface area contributed by atoms with Crippen molar-refractivity contribution in [3.8, 4) is 0 Å². The van der Waals surface area contributed by atoms with Crippen LogP contribution in [-0.2, 0) is 12.7 Å². The number of alkyl halides is 3. The SMILES string of the molecule is Cl.NCc1cnc(Cl)cc1C(F)(F)F. The van der Waals surface area contributed by atoms with Gasteiger partial charge in [-0.05, 0) is 11.6 Å². The Hall–Kier alpha value is -0.520. The van der Waals surface area contributed by atoms with E-state index in [0.29, 0.717) is 0 Å². The van der Waals surface area contributed by atoms with Crippen LogP contribution in [0, 0.1) is 0 Å². The Bertz CT molecular complexity index is 314. The second-order valence-corrected chi connectivity index (χ2v) is 2.75. The largest absolute Gasteiger partial charge is 0.416 e. The van der Waals surface area contributed by atoms with Crippen LogP contribution in [-0.4, -0.2) is 4.98 Å². The number of nitrogens with zero attached hydrogens (tertiary/aromatic N) is 1. The van der Waals surface area contributed by atoms with E-state index in [2.05, 4.69) is 4.98 Å². The van der Waals surface area contributed by atoms with Crippen molar-refractivity contribution in [1.29, 1.82) is 0 Å². The summed E-state index contributed by atoms with van der Waals surface area (Å²) in [5, 5.41) is -0.190. The third kappa shape index (κ3) is 3.01. The van der Waals surface area contributed by atoms with Gasteiger partial charge in [0.05, 0.1) is 5.56 Å².